The quantitative estimate of drug-likeness (QED) is 0.371. The number of nitrogens with zero attached hydrogens (tertiary/aromatic N) is 1. The molecular weight excluding hydrogens is 349 g/mol. The highest BCUT2D eigenvalue weighted by Gasteiger charge is 2.14. The van der Waals surface area contributed by atoms with Crippen LogP contribution in [0.2, 0.25) is 0 Å². The third-order valence-electron chi connectivity index (χ3n) is 3.34. The van der Waals surface area contributed by atoms with E-state index < -0.39 is 9.84 Å². The van der Waals surface area contributed by atoms with Crippen LogP contribution in [0, 0.1) is 0 Å². The molecule has 1 aliphatic rings. The summed E-state index contributed by atoms with van der Waals surface area (Å²) in [6.07, 6.45) is 4.96. The number of ether oxygens (including phenoxy) is 1. The average Bonchev–Trinajstić information content (AvgIpc) is 2.51. The SMILES string of the molecule is C=C(S)OC(=NCc1ccc(S(C)(=O)=O)cc1)C1=CC=C(F)CC1. The molecule has 1 aromatic carbocycles. The number of thiol groups is 1. The van der Waals surface area contributed by atoms with Gasteiger partial charge in [-0.3, -0.25) is 0 Å². The molecule has 0 heterocycles. The zero-order chi connectivity index (χ0) is 17.7. The van der Waals surface area contributed by atoms with Crippen molar-refractivity contribution < 1.29 is 17.5 Å². The first-order valence-electron chi connectivity index (χ1n) is 7.20. The van der Waals surface area contributed by atoms with Gasteiger partial charge in [0.05, 0.1) is 11.4 Å². The van der Waals surface area contributed by atoms with Gasteiger partial charge in [-0.2, -0.15) is 0 Å². The fourth-order valence-electron chi connectivity index (χ4n) is 2.11. The number of benzene rings is 1. The summed E-state index contributed by atoms with van der Waals surface area (Å²) < 4.78 is 41.5. The molecule has 0 fully saturated rings. The Morgan fingerprint density at radius 2 is 1.96 bits per heavy atom. The van der Waals surface area contributed by atoms with Crippen LogP contribution in [0.5, 0.6) is 0 Å². The molecule has 0 saturated heterocycles. The average molecular weight is 367 g/mol. The van der Waals surface area contributed by atoms with Crippen LogP contribution in [0.3, 0.4) is 0 Å². The van der Waals surface area contributed by atoms with E-state index >= 15 is 0 Å². The van der Waals surface area contributed by atoms with Gasteiger partial charge in [0.2, 0.25) is 5.90 Å². The number of sulfone groups is 1. The molecule has 0 spiro atoms. The Hall–Kier alpha value is -1.86. The van der Waals surface area contributed by atoms with E-state index in [1.807, 2.05) is 0 Å². The van der Waals surface area contributed by atoms with Gasteiger partial charge in [0.25, 0.3) is 0 Å². The highest BCUT2D eigenvalue weighted by atomic mass is 32.2. The summed E-state index contributed by atoms with van der Waals surface area (Å²) in [5.74, 6) is 0.158. The molecule has 1 aliphatic carbocycles. The van der Waals surface area contributed by atoms with Crippen molar-refractivity contribution in [1.29, 1.82) is 0 Å². The lowest BCUT2D eigenvalue weighted by molar-refractivity contribution is 0.453. The minimum Gasteiger partial charge on any atom is -0.433 e. The summed E-state index contributed by atoms with van der Waals surface area (Å²) >= 11 is 4.02. The van der Waals surface area contributed by atoms with Gasteiger partial charge in [0, 0.05) is 18.2 Å². The number of allylic oxidation sites excluding steroid dienone is 3. The Morgan fingerprint density at radius 1 is 1.29 bits per heavy atom. The van der Waals surface area contributed by atoms with E-state index in [9.17, 15) is 12.8 Å². The first kappa shape index (κ1) is 18.5. The molecule has 128 valence electrons. The van der Waals surface area contributed by atoms with Crippen molar-refractivity contribution in [2.45, 2.75) is 24.3 Å². The van der Waals surface area contributed by atoms with E-state index in [4.69, 9.17) is 4.74 Å². The van der Waals surface area contributed by atoms with Crippen LogP contribution < -0.4 is 0 Å². The van der Waals surface area contributed by atoms with Crippen molar-refractivity contribution in [1.82, 2.24) is 0 Å². The van der Waals surface area contributed by atoms with Gasteiger partial charge < -0.3 is 4.74 Å². The molecule has 2 rings (SSSR count). The van der Waals surface area contributed by atoms with Gasteiger partial charge >= 0.3 is 0 Å². The molecule has 0 aliphatic heterocycles. The zero-order valence-corrected chi connectivity index (χ0v) is 14.9. The summed E-state index contributed by atoms with van der Waals surface area (Å²) in [5, 5.41) is 0.192. The second-order valence-electron chi connectivity index (χ2n) is 5.34. The third-order valence-corrected chi connectivity index (χ3v) is 4.56. The highest BCUT2D eigenvalue weighted by molar-refractivity contribution is 7.90. The number of aliphatic imine (C=N–C) groups is 1. The molecule has 0 saturated carbocycles. The monoisotopic (exact) mass is 367 g/mol. The third kappa shape index (κ3) is 5.35. The van der Waals surface area contributed by atoms with Gasteiger partial charge in [0.1, 0.15) is 5.83 Å². The number of hydrogen-bond donors (Lipinski definition) is 1. The van der Waals surface area contributed by atoms with Crippen LogP contribution in [0.1, 0.15) is 18.4 Å². The second-order valence-corrected chi connectivity index (χ2v) is 7.85. The topological polar surface area (TPSA) is 55.7 Å². The van der Waals surface area contributed by atoms with Crippen LogP contribution in [-0.4, -0.2) is 20.6 Å². The van der Waals surface area contributed by atoms with E-state index in [-0.39, 0.29) is 15.8 Å². The van der Waals surface area contributed by atoms with Gasteiger partial charge in [-0.05, 0) is 36.8 Å². The maximum atomic E-state index is 13.1. The Morgan fingerprint density at radius 3 is 2.46 bits per heavy atom. The van der Waals surface area contributed by atoms with Gasteiger partial charge in [-0.1, -0.05) is 18.2 Å². The maximum Gasteiger partial charge on any atom is 0.218 e. The van der Waals surface area contributed by atoms with Crippen molar-refractivity contribution >= 4 is 28.4 Å². The fourth-order valence-corrected chi connectivity index (χ4v) is 2.82. The predicted octanol–water partition coefficient (Wildman–Crippen LogP) is 3.98. The smallest absolute Gasteiger partial charge is 0.218 e. The van der Waals surface area contributed by atoms with Crippen LogP contribution in [0.25, 0.3) is 0 Å². The van der Waals surface area contributed by atoms with Crippen LogP contribution in [-0.2, 0) is 21.1 Å². The van der Waals surface area contributed by atoms with Gasteiger partial charge in [-0.15, -0.1) is 12.6 Å². The van der Waals surface area contributed by atoms with Crippen molar-refractivity contribution in [2.24, 2.45) is 4.99 Å². The molecule has 0 N–H and O–H groups in total. The van der Waals surface area contributed by atoms with E-state index in [0.29, 0.717) is 25.3 Å². The Kier molecular flexibility index (Phi) is 6.01. The highest BCUT2D eigenvalue weighted by Crippen LogP contribution is 2.22. The summed E-state index contributed by atoms with van der Waals surface area (Å²) in [5.41, 5.74) is 1.59. The Balaban J connectivity index is 2.20. The molecular formula is C17H18FNO3S2. The molecule has 4 nitrogen and oxygen atoms in total. The second kappa shape index (κ2) is 7.81. The maximum absolute atomic E-state index is 13.1. The summed E-state index contributed by atoms with van der Waals surface area (Å²) in [7, 11) is -3.22. The first-order valence-corrected chi connectivity index (χ1v) is 9.54. The molecule has 0 radical (unpaired) electrons. The van der Waals surface area contributed by atoms with E-state index in [2.05, 4.69) is 24.2 Å². The lowest BCUT2D eigenvalue weighted by Crippen LogP contribution is -2.09. The van der Waals surface area contributed by atoms with Crippen molar-refractivity contribution in [3.63, 3.8) is 0 Å². The summed E-state index contributed by atoms with van der Waals surface area (Å²) in [6, 6.07) is 6.47. The van der Waals surface area contributed by atoms with E-state index in [0.717, 1.165) is 17.4 Å². The van der Waals surface area contributed by atoms with Crippen LogP contribution in [0.4, 0.5) is 4.39 Å². The number of hydrogen-bond acceptors (Lipinski definition) is 5. The fraction of sp³-hybridized carbons (Fsp3) is 0.235. The molecule has 0 aromatic heterocycles. The summed E-state index contributed by atoms with van der Waals surface area (Å²) in [4.78, 5) is 4.65. The number of halogens is 1. The zero-order valence-electron chi connectivity index (χ0n) is 13.2. The van der Waals surface area contributed by atoms with Crippen molar-refractivity contribution in [2.75, 3.05) is 6.26 Å². The lowest BCUT2D eigenvalue weighted by Gasteiger charge is -2.14. The van der Waals surface area contributed by atoms with Gasteiger partial charge in [-0.25, -0.2) is 17.8 Å². The molecule has 24 heavy (non-hydrogen) atoms. The predicted molar refractivity (Wildman–Crippen MR) is 96.4 cm³/mol. The molecule has 7 heteroatoms. The Bertz CT molecular complexity index is 822. The van der Waals surface area contributed by atoms with Gasteiger partial charge in [0.15, 0.2) is 14.9 Å². The van der Waals surface area contributed by atoms with Crippen LogP contribution in [0.15, 0.2) is 69.4 Å². The lowest BCUT2D eigenvalue weighted by atomic mass is 10.0. The molecule has 0 unspecified atom stereocenters. The minimum absolute atomic E-state index is 0.181. The van der Waals surface area contributed by atoms with Crippen molar-refractivity contribution in [3.8, 4) is 0 Å². The van der Waals surface area contributed by atoms with E-state index in [1.165, 1.54) is 18.2 Å². The Labute approximate surface area is 146 Å². The molecule has 0 amide bonds. The minimum atomic E-state index is -3.22. The van der Waals surface area contributed by atoms with Crippen LogP contribution >= 0.6 is 12.6 Å². The van der Waals surface area contributed by atoms with Crippen molar-refractivity contribution in [3.05, 3.63) is 65.1 Å². The summed E-state index contributed by atoms with van der Waals surface area (Å²) in [6.45, 7) is 3.87. The molecule has 0 atom stereocenters. The normalized spacial score (nSPS) is 15.5. The molecule has 1 aromatic rings. The standard InChI is InChI=1S/C17H18FNO3S2/c1-12(23)22-17(14-5-7-15(18)8-6-14)19-11-13-3-9-16(10-4-13)24(2,20)21/h3-5,7,9-10,23H,1,6,8,11H2,2H3. The first-order chi connectivity index (χ1) is 11.3. The van der Waals surface area contributed by atoms with E-state index in [1.54, 1.807) is 18.2 Å². The largest absolute Gasteiger partial charge is 0.433 e. The molecule has 0 bridgehead atoms. The number of rotatable bonds is 5.